The first-order valence-electron chi connectivity index (χ1n) is 8.79. The van der Waals surface area contributed by atoms with E-state index in [0.717, 1.165) is 12.8 Å². The topological polar surface area (TPSA) is 97.5 Å². The Balaban J connectivity index is 1.81. The summed E-state index contributed by atoms with van der Waals surface area (Å²) >= 11 is 0. The highest BCUT2D eigenvalue weighted by atomic mass is 19.3. The maximum atomic E-state index is 12.9. The lowest BCUT2D eigenvalue weighted by Crippen LogP contribution is -2.39. The Morgan fingerprint density at radius 3 is 2.50 bits per heavy atom. The molecule has 10 heteroatoms. The fourth-order valence-corrected chi connectivity index (χ4v) is 2.83. The standard InChI is InChI=1S/C18H20F2N4O4/c1-10(17(26)27)9-23(12-3-4-12)16(25)15-11(2)24(22-21-15)13-5-7-14(8-6-13)28-18(19)20/h5-8,10,12,18H,3-4,9H2,1-2H3,(H,26,27). The molecular weight excluding hydrogens is 374 g/mol. The first-order valence-corrected chi connectivity index (χ1v) is 8.79. The highest BCUT2D eigenvalue weighted by Gasteiger charge is 2.36. The number of alkyl halides is 2. The molecule has 0 bridgehead atoms. The van der Waals surface area contributed by atoms with Crippen molar-refractivity contribution in [2.45, 2.75) is 39.3 Å². The summed E-state index contributed by atoms with van der Waals surface area (Å²) in [6, 6.07) is 5.81. The zero-order valence-electron chi connectivity index (χ0n) is 15.4. The van der Waals surface area contributed by atoms with E-state index in [1.54, 1.807) is 18.7 Å². The minimum Gasteiger partial charge on any atom is -0.481 e. The monoisotopic (exact) mass is 394 g/mol. The van der Waals surface area contributed by atoms with Crippen molar-refractivity contribution in [1.82, 2.24) is 19.9 Å². The number of carbonyl (C=O) groups is 2. The Morgan fingerprint density at radius 2 is 1.96 bits per heavy atom. The van der Waals surface area contributed by atoms with E-state index in [0.29, 0.717) is 11.4 Å². The van der Waals surface area contributed by atoms with Crippen LogP contribution in [-0.2, 0) is 4.79 Å². The molecule has 2 aromatic rings. The number of nitrogens with zero attached hydrogens (tertiary/aromatic N) is 4. The van der Waals surface area contributed by atoms with Gasteiger partial charge in [-0.3, -0.25) is 9.59 Å². The summed E-state index contributed by atoms with van der Waals surface area (Å²) in [5.41, 5.74) is 1.14. The summed E-state index contributed by atoms with van der Waals surface area (Å²) in [5, 5.41) is 17.1. The molecule has 150 valence electrons. The van der Waals surface area contributed by atoms with Crippen LogP contribution < -0.4 is 4.74 Å². The average Bonchev–Trinajstić information content (AvgIpc) is 3.41. The minimum atomic E-state index is -2.91. The Morgan fingerprint density at radius 1 is 1.32 bits per heavy atom. The van der Waals surface area contributed by atoms with E-state index in [-0.39, 0.29) is 29.9 Å². The first kappa shape index (κ1) is 19.7. The van der Waals surface area contributed by atoms with Gasteiger partial charge < -0.3 is 14.7 Å². The molecule has 1 N–H and O–H groups in total. The van der Waals surface area contributed by atoms with Crippen LogP contribution in [-0.4, -0.2) is 56.1 Å². The molecular formula is C18H20F2N4O4. The summed E-state index contributed by atoms with van der Waals surface area (Å²) in [7, 11) is 0. The fraction of sp³-hybridized carbons (Fsp3) is 0.444. The molecule has 1 fully saturated rings. The molecule has 1 amide bonds. The third-order valence-electron chi connectivity index (χ3n) is 4.54. The van der Waals surface area contributed by atoms with Gasteiger partial charge in [0.1, 0.15) is 5.75 Å². The van der Waals surface area contributed by atoms with Gasteiger partial charge in [0, 0.05) is 12.6 Å². The van der Waals surface area contributed by atoms with Crippen molar-refractivity contribution < 1.29 is 28.2 Å². The van der Waals surface area contributed by atoms with Crippen LogP contribution >= 0.6 is 0 Å². The zero-order valence-corrected chi connectivity index (χ0v) is 15.4. The number of amides is 1. The van der Waals surface area contributed by atoms with Crippen molar-refractivity contribution in [1.29, 1.82) is 0 Å². The molecule has 28 heavy (non-hydrogen) atoms. The van der Waals surface area contributed by atoms with Gasteiger partial charge in [0.25, 0.3) is 5.91 Å². The fourth-order valence-electron chi connectivity index (χ4n) is 2.83. The number of ether oxygens (including phenoxy) is 1. The van der Waals surface area contributed by atoms with Crippen LogP contribution in [0.4, 0.5) is 8.78 Å². The molecule has 1 aliphatic rings. The van der Waals surface area contributed by atoms with Gasteiger partial charge in [0.15, 0.2) is 5.69 Å². The number of rotatable bonds is 8. The molecule has 1 aromatic carbocycles. The van der Waals surface area contributed by atoms with Gasteiger partial charge in [-0.15, -0.1) is 5.10 Å². The smallest absolute Gasteiger partial charge is 0.387 e. The van der Waals surface area contributed by atoms with E-state index >= 15 is 0 Å². The summed E-state index contributed by atoms with van der Waals surface area (Å²) < 4.78 is 30.2. The number of halogens is 2. The van der Waals surface area contributed by atoms with Gasteiger partial charge in [0.2, 0.25) is 0 Å². The predicted octanol–water partition coefficient (Wildman–Crippen LogP) is 2.50. The van der Waals surface area contributed by atoms with Crippen molar-refractivity contribution >= 4 is 11.9 Å². The maximum absolute atomic E-state index is 12.9. The number of carboxylic acid groups (broad SMARTS) is 1. The Kier molecular flexibility index (Phi) is 5.57. The van der Waals surface area contributed by atoms with E-state index in [9.17, 15) is 18.4 Å². The molecule has 8 nitrogen and oxygen atoms in total. The molecule has 1 saturated carbocycles. The van der Waals surface area contributed by atoms with Crippen LogP contribution in [0, 0.1) is 12.8 Å². The number of hydrogen-bond donors (Lipinski definition) is 1. The lowest BCUT2D eigenvalue weighted by Gasteiger charge is -2.23. The Labute approximate surface area is 159 Å². The molecule has 1 aromatic heterocycles. The molecule has 3 rings (SSSR count). The van der Waals surface area contributed by atoms with E-state index < -0.39 is 18.5 Å². The second-order valence-electron chi connectivity index (χ2n) is 6.74. The summed E-state index contributed by atoms with van der Waals surface area (Å²) in [6.07, 6.45) is 1.66. The van der Waals surface area contributed by atoms with Gasteiger partial charge in [-0.1, -0.05) is 12.1 Å². The Bertz CT molecular complexity index is 865. The third kappa shape index (κ3) is 4.26. The minimum absolute atomic E-state index is 0.00962. The maximum Gasteiger partial charge on any atom is 0.387 e. The van der Waals surface area contributed by atoms with Crippen molar-refractivity contribution in [2.75, 3.05) is 6.54 Å². The molecule has 0 aliphatic heterocycles. The molecule has 0 spiro atoms. The van der Waals surface area contributed by atoms with E-state index in [4.69, 9.17) is 5.11 Å². The second-order valence-corrected chi connectivity index (χ2v) is 6.74. The van der Waals surface area contributed by atoms with Gasteiger partial charge in [-0.2, -0.15) is 8.78 Å². The number of hydrogen-bond acceptors (Lipinski definition) is 5. The third-order valence-corrected chi connectivity index (χ3v) is 4.54. The molecule has 1 unspecified atom stereocenters. The van der Waals surface area contributed by atoms with E-state index in [1.807, 2.05) is 0 Å². The lowest BCUT2D eigenvalue weighted by molar-refractivity contribution is -0.141. The summed E-state index contributed by atoms with van der Waals surface area (Å²) in [6.45, 7) is 0.412. The largest absolute Gasteiger partial charge is 0.481 e. The number of aliphatic carboxylic acids is 1. The van der Waals surface area contributed by atoms with Crippen molar-refractivity contribution in [3.8, 4) is 11.4 Å². The second kappa shape index (κ2) is 7.91. The Hall–Kier alpha value is -3.04. The van der Waals surface area contributed by atoms with Crippen molar-refractivity contribution in [3.63, 3.8) is 0 Å². The number of aromatic nitrogens is 3. The van der Waals surface area contributed by atoms with Crippen LogP contribution in [0.5, 0.6) is 5.75 Å². The van der Waals surface area contributed by atoms with E-state index in [2.05, 4.69) is 15.0 Å². The van der Waals surface area contributed by atoms with Crippen LogP contribution in [0.1, 0.15) is 35.9 Å². The van der Waals surface area contributed by atoms with E-state index in [1.165, 1.54) is 28.9 Å². The van der Waals surface area contributed by atoms with Crippen LogP contribution in [0.3, 0.4) is 0 Å². The molecule has 0 radical (unpaired) electrons. The summed E-state index contributed by atoms with van der Waals surface area (Å²) in [5.74, 6) is -2.01. The highest BCUT2D eigenvalue weighted by molar-refractivity contribution is 5.94. The first-order chi connectivity index (χ1) is 13.3. The zero-order chi connectivity index (χ0) is 20.4. The normalized spacial score (nSPS) is 14.8. The average molecular weight is 394 g/mol. The van der Waals surface area contributed by atoms with Crippen LogP contribution in [0.15, 0.2) is 24.3 Å². The quantitative estimate of drug-likeness (QED) is 0.739. The number of carbonyl (C=O) groups excluding carboxylic acids is 1. The predicted molar refractivity (Wildman–Crippen MR) is 93.6 cm³/mol. The van der Waals surface area contributed by atoms with Gasteiger partial charge >= 0.3 is 12.6 Å². The highest BCUT2D eigenvalue weighted by Crippen LogP contribution is 2.29. The van der Waals surface area contributed by atoms with Gasteiger partial charge in [-0.05, 0) is 44.0 Å². The lowest BCUT2D eigenvalue weighted by atomic mass is 10.1. The van der Waals surface area contributed by atoms with Crippen molar-refractivity contribution in [2.24, 2.45) is 5.92 Å². The van der Waals surface area contributed by atoms with Crippen LogP contribution in [0.2, 0.25) is 0 Å². The van der Waals surface area contributed by atoms with Gasteiger partial charge in [0.05, 0.1) is 17.3 Å². The number of benzene rings is 1. The van der Waals surface area contributed by atoms with Crippen molar-refractivity contribution in [3.05, 3.63) is 35.7 Å². The number of carboxylic acids is 1. The van der Waals surface area contributed by atoms with Gasteiger partial charge in [-0.25, -0.2) is 4.68 Å². The molecule has 1 aliphatic carbocycles. The van der Waals surface area contributed by atoms with Crippen LogP contribution in [0.25, 0.3) is 5.69 Å². The molecule has 0 saturated heterocycles. The SMILES string of the molecule is Cc1c(C(=O)N(CC(C)C(=O)O)C2CC2)nnn1-c1ccc(OC(F)F)cc1. The summed E-state index contributed by atoms with van der Waals surface area (Å²) in [4.78, 5) is 25.6. The molecule has 1 heterocycles. The molecule has 1 atom stereocenters.